The SMILES string of the molecule is COC(=O)c1cc(C2CC2)cc(NS(=O)(=O)c2cc(Br)ccc2F)c1OCc1ccccc1. The van der Waals surface area contributed by atoms with Crippen LogP contribution in [0, 0.1) is 5.82 Å². The Morgan fingerprint density at radius 1 is 1.12 bits per heavy atom. The minimum absolute atomic E-state index is 0.0223. The molecule has 0 saturated heterocycles. The standard InChI is InChI=1S/C24H21BrFNO5S/c1-31-24(28)19-11-17(16-7-8-16)12-21(23(19)32-14-15-5-3-2-4-6-15)27-33(29,30)22-13-18(25)9-10-20(22)26/h2-6,9-13,16,27H,7-8,14H2,1H3. The van der Waals surface area contributed by atoms with Crippen LogP contribution in [0.15, 0.2) is 70.0 Å². The average molecular weight is 534 g/mol. The van der Waals surface area contributed by atoms with Crippen LogP contribution in [0.2, 0.25) is 0 Å². The second-order valence-electron chi connectivity index (χ2n) is 7.67. The lowest BCUT2D eigenvalue weighted by Gasteiger charge is -2.18. The van der Waals surface area contributed by atoms with E-state index in [0.717, 1.165) is 30.0 Å². The van der Waals surface area contributed by atoms with Gasteiger partial charge in [-0.05, 0) is 60.2 Å². The van der Waals surface area contributed by atoms with E-state index in [-0.39, 0.29) is 29.5 Å². The van der Waals surface area contributed by atoms with E-state index in [9.17, 15) is 17.6 Å². The summed E-state index contributed by atoms with van der Waals surface area (Å²) in [6, 6.07) is 16.2. The third kappa shape index (κ3) is 5.36. The molecular formula is C24H21BrFNO5S. The molecule has 1 aliphatic rings. The molecule has 0 aromatic heterocycles. The maximum Gasteiger partial charge on any atom is 0.341 e. The van der Waals surface area contributed by atoms with Gasteiger partial charge < -0.3 is 9.47 Å². The summed E-state index contributed by atoms with van der Waals surface area (Å²) in [5.74, 6) is -1.32. The fourth-order valence-corrected chi connectivity index (χ4v) is 5.08. The first-order valence-electron chi connectivity index (χ1n) is 10.2. The zero-order valence-electron chi connectivity index (χ0n) is 17.7. The van der Waals surface area contributed by atoms with Gasteiger partial charge in [0.05, 0.1) is 12.8 Å². The van der Waals surface area contributed by atoms with Crippen molar-refractivity contribution in [3.8, 4) is 5.75 Å². The molecule has 0 heterocycles. The molecule has 6 nitrogen and oxygen atoms in total. The molecular weight excluding hydrogens is 513 g/mol. The van der Waals surface area contributed by atoms with E-state index >= 15 is 0 Å². The molecule has 9 heteroatoms. The number of anilines is 1. The highest BCUT2D eigenvalue weighted by Gasteiger charge is 2.30. The Hall–Kier alpha value is -2.91. The third-order valence-corrected chi connectivity index (χ3v) is 7.09. The lowest BCUT2D eigenvalue weighted by atomic mass is 10.0. The van der Waals surface area contributed by atoms with Crippen molar-refractivity contribution in [2.45, 2.75) is 30.3 Å². The fourth-order valence-electron chi connectivity index (χ4n) is 3.41. The number of hydrogen-bond donors (Lipinski definition) is 1. The van der Waals surface area contributed by atoms with Crippen LogP contribution in [0.4, 0.5) is 10.1 Å². The minimum Gasteiger partial charge on any atom is -0.486 e. The molecule has 0 amide bonds. The summed E-state index contributed by atoms with van der Waals surface area (Å²) in [7, 11) is -3.09. The third-order valence-electron chi connectivity index (χ3n) is 5.22. The summed E-state index contributed by atoms with van der Waals surface area (Å²) in [6.45, 7) is 0.0909. The molecule has 172 valence electrons. The van der Waals surface area contributed by atoms with Crippen LogP contribution < -0.4 is 9.46 Å². The zero-order chi connectivity index (χ0) is 23.6. The number of rotatable bonds is 8. The average Bonchev–Trinajstić information content (AvgIpc) is 3.65. The Balaban J connectivity index is 1.79. The fraction of sp³-hybridized carbons (Fsp3) is 0.208. The van der Waals surface area contributed by atoms with Crippen LogP contribution in [-0.2, 0) is 21.4 Å². The second-order valence-corrected chi connectivity index (χ2v) is 10.2. The number of carbonyl (C=O) groups excluding carboxylic acids is 1. The minimum atomic E-state index is -4.33. The van der Waals surface area contributed by atoms with E-state index in [2.05, 4.69) is 20.7 Å². The first-order valence-corrected chi connectivity index (χ1v) is 12.5. The normalized spacial score (nSPS) is 13.4. The van der Waals surface area contributed by atoms with Gasteiger partial charge in [0.25, 0.3) is 10.0 Å². The van der Waals surface area contributed by atoms with Crippen molar-refractivity contribution < 1.29 is 27.1 Å². The number of methoxy groups -OCH3 is 1. The van der Waals surface area contributed by atoms with Crippen molar-refractivity contribution in [2.24, 2.45) is 0 Å². The monoisotopic (exact) mass is 533 g/mol. The van der Waals surface area contributed by atoms with Crippen molar-refractivity contribution >= 4 is 37.6 Å². The summed E-state index contributed by atoms with van der Waals surface area (Å²) < 4.78 is 54.3. The van der Waals surface area contributed by atoms with Crippen LogP contribution in [0.1, 0.15) is 40.2 Å². The van der Waals surface area contributed by atoms with Crippen LogP contribution in [-0.4, -0.2) is 21.5 Å². The smallest absolute Gasteiger partial charge is 0.341 e. The van der Waals surface area contributed by atoms with Gasteiger partial charge in [-0.25, -0.2) is 17.6 Å². The summed E-state index contributed by atoms with van der Waals surface area (Å²) >= 11 is 3.17. The first-order chi connectivity index (χ1) is 15.8. The van der Waals surface area contributed by atoms with Crippen molar-refractivity contribution in [3.05, 3.63) is 87.6 Å². The van der Waals surface area contributed by atoms with Gasteiger partial charge in [0.2, 0.25) is 0 Å². The van der Waals surface area contributed by atoms with Crippen molar-refractivity contribution in [3.63, 3.8) is 0 Å². The van der Waals surface area contributed by atoms with Crippen LogP contribution in [0.3, 0.4) is 0 Å². The molecule has 4 rings (SSSR count). The quantitative estimate of drug-likeness (QED) is 0.379. The predicted molar refractivity (Wildman–Crippen MR) is 125 cm³/mol. The lowest BCUT2D eigenvalue weighted by molar-refractivity contribution is 0.0595. The van der Waals surface area contributed by atoms with Gasteiger partial charge in [0.1, 0.15) is 22.9 Å². The molecule has 0 bridgehead atoms. The van der Waals surface area contributed by atoms with Crippen LogP contribution in [0.5, 0.6) is 5.75 Å². The summed E-state index contributed by atoms with van der Waals surface area (Å²) in [6.07, 6.45) is 1.86. The second kappa shape index (κ2) is 9.52. The van der Waals surface area contributed by atoms with Gasteiger partial charge in [-0.1, -0.05) is 46.3 Å². The highest BCUT2D eigenvalue weighted by atomic mass is 79.9. The molecule has 0 spiro atoms. The maximum absolute atomic E-state index is 14.4. The molecule has 1 saturated carbocycles. The van der Waals surface area contributed by atoms with E-state index < -0.39 is 26.7 Å². The molecule has 0 aliphatic heterocycles. The summed E-state index contributed by atoms with van der Waals surface area (Å²) in [5, 5.41) is 0. The highest BCUT2D eigenvalue weighted by Crippen LogP contribution is 2.44. The molecule has 3 aromatic rings. The Morgan fingerprint density at radius 2 is 1.85 bits per heavy atom. The number of nitrogens with one attached hydrogen (secondary N) is 1. The van der Waals surface area contributed by atoms with Crippen molar-refractivity contribution in [2.75, 3.05) is 11.8 Å². The Morgan fingerprint density at radius 3 is 2.52 bits per heavy atom. The summed E-state index contributed by atoms with van der Waals surface area (Å²) in [5.41, 5.74) is 1.77. The topological polar surface area (TPSA) is 81.7 Å². The van der Waals surface area contributed by atoms with Gasteiger partial charge >= 0.3 is 5.97 Å². The summed E-state index contributed by atoms with van der Waals surface area (Å²) in [4.78, 5) is 12.1. The number of esters is 1. The van der Waals surface area contributed by atoms with Crippen LogP contribution >= 0.6 is 15.9 Å². The number of benzene rings is 3. The molecule has 33 heavy (non-hydrogen) atoms. The molecule has 0 unspecified atom stereocenters. The predicted octanol–water partition coefficient (Wildman–Crippen LogP) is 5.63. The molecule has 0 atom stereocenters. The van der Waals surface area contributed by atoms with Gasteiger partial charge in [0, 0.05) is 4.47 Å². The Bertz CT molecular complexity index is 1290. The number of halogens is 2. The Kier molecular flexibility index (Phi) is 6.71. The number of carbonyl (C=O) groups is 1. The van der Waals surface area contributed by atoms with Crippen LogP contribution in [0.25, 0.3) is 0 Å². The van der Waals surface area contributed by atoms with Crippen molar-refractivity contribution in [1.29, 1.82) is 0 Å². The first kappa shape index (κ1) is 23.3. The van der Waals surface area contributed by atoms with E-state index in [4.69, 9.17) is 9.47 Å². The van der Waals surface area contributed by atoms with E-state index in [1.165, 1.54) is 19.2 Å². The molecule has 0 radical (unpaired) electrons. The van der Waals surface area contributed by atoms with Gasteiger partial charge in [-0.15, -0.1) is 0 Å². The number of sulfonamides is 1. The Labute approximate surface area is 199 Å². The highest BCUT2D eigenvalue weighted by molar-refractivity contribution is 9.10. The van der Waals surface area contributed by atoms with Gasteiger partial charge in [-0.3, -0.25) is 4.72 Å². The molecule has 3 aromatic carbocycles. The van der Waals surface area contributed by atoms with Gasteiger partial charge in [0.15, 0.2) is 5.75 Å². The zero-order valence-corrected chi connectivity index (χ0v) is 20.1. The largest absolute Gasteiger partial charge is 0.486 e. The lowest BCUT2D eigenvalue weighted by Crippen LogP contribution is -2.17. The molecule has 1 fully saturated rings. The van der Waals surface area contributed by atoms with Gasteiger partial charge in [-0.2, -0.15) is 0 Å². The molecule has 1 aliphatic carbocycles. The number of hydrogen-bond acceptors (Lipinski definition) is 5. The molecule has 1 N–H and O–H groups in total. The number of ether oxygens (including phenoxy) is 2. The van der Waals surface area contributed by atoms with Crippen molar-refractivity contribution in [1.82, 2.24) is 0 Å². The van der Waals surface area contributed by atoms with E-state index in [1.807, 2.05) is 30.3 Å². The maximum atomic E-state index is 14.4. The van der Waals surface area contributed by atoms with E-state index in [0.29, 0.717) is 4.47 Å². The van der Waals surface area contributed by atoms with E-state index in [1.54, 1.807) is 12.1 Å².